The Morgan fingerprint density at radius 3 is 2.85 bits per heavy atom. The van der Waals surface area contributed by atoms with E-state index >= 15 is 0 Å². The van der Waals surface area contributed by atoms with E-state index in [1.807, 2.05) is 30.0 Å². The summed E-state index contributed by atoms with van der Waals surface area (Å²) in [6, 6.07) is 5.85. The Bertz CT molecular complexity index is 757. The van der Waals surface area contributed by atoms with Gasteiger partial charge in [0.15, 0.2) is 5.69 Å². The second-order valence-corrected chi connectivity index (χ2v) is 6.37. The first-order valence-corrected chi connectivity index (χ1v) is 8.62. The van der Waals surface area contributed by atoms with Gasteiger partial charge in [-0.15, -0.1) is 5.10 Å². The largest absolute Gasteiger partial charge is 0.480 e. The van der Waals surface area contributed by atoms with Crippen LogP contribution in [0.5, 0.6) is 0 Å². The Labute approximate surface area is 151 Å². The number of aliphatic carboxylic acids is 1. The van der Waals surface area contributed by atoms with Gasteiger partial charge in [0.2, 0.25) is 0 Å². The number of amides is 1. The van der Waals surface area contributed by atoms with Crippen LogP contribution in [0.1, 0.15) is 35.9 Å². The van der Waals surface area contributed by atoms with Gasteiger partial charge < -0.3 is 10.4 Å². The minimum Gasteiger partial charge on any atom is -0.480 e. The summed E-state index contributed by atoms with van der Waals surface area (Å²) in [6.45, 7) is 3.10. The number of aromatic nitrogens is 4. The molecule has 26 heavy (non-hydrogen) atoms. The molecule has 0 aliphatic heterocycles. The molecular formula is C17H22N6O3. The predicted octanol–water partition coefficient (Wildman–Crippen LogP) is 0.389. The minimum absolute atomic E-state index is 0.0314. The number of nitrogens with zero attached hydrogens (tertiary/aromatic N) is 5. The first-order valence-electron chi connectivity index (χ1n) is 8.62. The van der Waals surface area contributed by atoms with Crippen LogP contribution in [0.25, 0.3) is 0 Å². The molecule has 0 bridgehead atoms. The van der Waals surface area contributed by atoms with Crippen molar-refractivity contribution >= 4 is 11.9 Å². The molecule has 1 aliphatic carbocycles. The van der Waals surface area contributed by atoms with Crippen LogP contribution in [0.2, 0.25) is 0 Å². The molecule has 9 nitrogen and oxygen atoms in total. The van der Waals surface area contributed by atoms with Crippen LogP contribution in [0, 0.1) is 0 Å². The van der Waals surface area contributed by atoms with Crippen molar-refractivity contribution in [2.45, 2.75) is 38.4 Å². The Morgan fingerprint density at radius 2 is 2.19 bits per heavy atom. The second-order valence-electron chi connectivity index (χ2n) is 6.37. The van der Waals surface area contributed by atoms with Gasteiger partial charge in [-0.05, 0) is 31.5 Å². The van der Waals surface area contributed by atoms with Gasteiger partial charge in [0.1, 0.15) is 0 Å². The minimum atomic E-state index is -0.830. The zero-order valence-corrected chi connectivity index (χ0v) is 14.6. The van der Waals surface area contributed by atoms with Gasteiger partial charge in [0.05, 0.1) is 25.0 Å². The first-order chi connectivity index (χ1) is 12.5. The van der Waals surface area contributed by atoms with Gasteiger partial charge in [0.25, 0.3) is 5.91 Å². The zero-order chi connectivity index (χ0) is 18.5. The number of hydrogen-bond donors (Lipinski definition) is 2. The Balaban J connectivity index is 1.48. The number of rotatable bonds is 8. The van der Waals surface area contributed by atoms with Crippen LogP contribution < -0.4 is 5.32 Å². The van der Waals surface area contributed by atoms with Crippen molar-refractivity contribution in [3.63, 3.8) is 0 Å². The molecule has 1 fully saturated rings. The number of likely N-dealkylation sites (N-methyl/N-ethyl adjacent to an activating group) is 1. The average Bonchev–Trinajstić information content (AvgIpc) is 3.05. The van der Waals surface area contributed by atoms with Gasteiger partial charge >= 0.3 is 5.97 Å². The number of carboxylic acid groups (broad SMARTS) is 1. The molecule has 0 atom stereocenters. The van der Waals surface area contributed by atoms with Crippen LogP contribution in [0.3, 0.4) is 0 Å². The highest BCUT2D eigenvalue weighted by Gasteiger charge is 2.35. The van der Waals surface area contributed by atoms with Gasteiger partial charge in [-0.1, -0.05) is 18.2 Å². The van der Waals surface area contributed by atoms with Crippen molar-refractivity contribution in [1.29, 1.82) is 0 Å². The molecule has 2 heterocycles. The normalized spacial score (nSPS) is 19.2. The van der Waals surface area contributed by atoms with Crippen LogP contribution in [0.15, 0.2) is 30.6 Å². The van der Waals surface area contributed by atoms with E-state index in [4.69, 9.17) is 5.11 Å². The number of carboxylic acids is 1. The summed E-state index contributed by atoms with van der Waals surface area (Å²) in [7, 11) is 0. The van der Waals surface area contributed by atoms with Gasteiger partial charge in [-0.25, -0.2) is 4.68 Å². The quantitative estimate of drug-likeness (QED) is 0.702. The van der Waals surface area contributed by atoms with Crippen molar-refractivity contribution in [3.8, 4) is 0 Å². The second kappa shape index (κ2) is 8.05. The maximum atomic E-state index is 12.3. The number of carbonyl (C=O) groups is 2. The van der Waals surface area contributed by atoms with Gasteiger partial charge in [0, 0.05) is 18.3 Å². The molecule has 2 aromatic rings. The standard InChI is InChI=1S/C17H22N6O3/c1-2-22(11-16(24)25)14-7-13(8-14)19-17(26)15-10-23(21-20-15)9-12-5-3-4-6-18-12/h3-6,10,13-14H,2,7-9,11H2,1H3,(H,19,26)(H,24,25). The molecule has 9 heteroatoms. The lowest BCUT2D eigenvalue weighted by molar-refractivity contribution is -0.139. The van der Waals surface area contributed by atoms with Crippen molar-refractivity contribution in [1.82, 2.24) is 30.2 Å². The zero-order valence-electron chi connectivity index (χ0n) is 14.6. The third-order valence-corrected chi connectivity index (χ3v) is 4.53. The molecule has 0 unspecified atom stereocenters. The van der Waals surface area contributed by atoms with E-state index in [1.165, 1.54) is 0 Å². The summed E-state index contributed by atoms with van der Waals surface area (Å²) < 4.78 is 1.58. The molecule has 0 saturated heterocycles. The first kappa shape index (κ1) is 18.0. The summed E-state index contributed by atoms with van der Waals surface area (Å²) in [5, 5.41) is 19.7. The van der Waals surface area contributed by atoms with E-state index < -0.39 is 5.97 Å². The maximum Gasteiger partial charge on any atom is 0.317 e. The smallest absolute Gasteiger partial charge is 0.317 e. The van der Waals surface area contributed by atoms with E-state index in [0.717, 1.165) is 18.5 Å². The number of hydrogen-bond acceptors (Lipinski definition) is 6. The van der Waals surface area contributed by atoms with Crippen LogP contribution >= 0.6 is 0 Å². The molecule has 3 rings (SSSR count). The number of nitrogens with one attached hydrogen (secondary N) is 1. The molecule has 2 N–H and O–H groups in total. The number of carbonyl (C=O) groups excluding carboxylic acids is 1. The third-order valence-electron chi connectivity index (χ3n) is 4.53. The Hall–Kier alpha value is -2.81. The monoisotopic (exact) mass is 358 g/mol. The topological polar surface area (TPSA) is 113 Å². The van der Waals surface area contributed by atoms with Crippen LogP contribution in [-0.4, -0.2) is 67.0 Å². The van der Waals surface area contributed by atoms with E-state index in [0.29, 0.717) is 13.1 Å². The molecule has 2 aromatic heterocycles. The highest BCUT2D eigenvalue weighted by molar-refractivity contribution is 5.92. The lowest BCUT2D eigenvalue weighted by Crippen LogP contribution is -2.54. The fourth-order valence-electron chi connectivity index (χ4n) is 3.07. The Morgan fingerprint density at radius 1 is 1.38 bits per heavy atom. The SMILES string of the molecule is CCN(CC(=O)O)C1CC(NC(=O)c2cn(Cc3ccccn3)nn2)C1. The summed E-state index contributed by atoms with van der Waals surface area (Å²) in [5.74, 6) is -1.09. The van der Waals surface area contributed by atoms with E-state index in [1.54, 1.807) is 17.1 Å². The molecule has 0 aromatic carbocycles. The van der Waals surface area contributed by atoms with Crippen molar-refractivity contribution in [2.75, 3.05) is 13.1 Å². The Kier molecular flexibility index (Phi) is 5.57. The molecular weight excluding hydrogens is 336 g/mol. The third kappa shape index (κ3) is 4.42. The van der Waals surface area contributed by atoms with Crippen molar-refractivity contribution < 1.29 is 14.7 Å². The summed E-state index contributed by atoms with van der Waals surface area (Å²) in [5.41, 5.74) is 1.10. The van der Waals surface area contributed by atoms with E-state index in [2.05, 4.69) is 20.6 Å². The fourth-order valence-corrected chi connectivity index (χ4v) is 3.07. The van der Waals surface area contributed by atoms with Gasteiger partial charge in [-0.2, -0.15) is 0 Å². The van der Waals surface area contributed by atoms with Crippen molar-refractivity contribution in [2.24, 2.45) is 0 Å². The fraction of sp³-hybridized carbons (Fsp3) is 0.471. The highest BCUT2D eigenvalue weighted by Crippen LogP contribution is 2.25. The molecule has 0 spiro atoms. The molecule has 1 amide bonds. The maximum absolute atomic E-state index is 12.3. The molecule has 0 radical (unpaired) electrons. The van der Waals surface area contributed by atoms with Gasteiger partial charge in [-0.3, -0.25) is 19.5 Å². The summed E-state index contributed by atoms with van der Waals surface area (Å²) in [6.07, 6.45) is 4.80. The summed E-state index contributed by atoms with van der Waals surface area (Å²) in [4.78, 5) is 29.3. The average molecular weight is 358 g/mol. The number of pyridine rings is 1. The van der Waals surface area contributed by atoms with E-state index in [-0.39, 0.29) is 30.2 Å². The summed E-state index contributed by atoms with van der Waals surface area (Å²) >= 11 is 0. The molecule has 1 saturated carbocycles. The lowest BCUT2D eigenvalue weighted by Gasteiger charge is -2.42. The predicted molar refractivity (Wildman–Crippen MR) is 92.5 cm³/mol. The van der Waals surface area contributed by atoms with Crippen molar-refractivity contribution in [3.05, 3.63) is 42.0 Å². The molecule has 1 aliphatic rings. The highest BCUT2D eigenvalue weighted by atomic mass is 16.4. The van der Waals surface area contributed by atoms with Crippen LogP contribution in [-0.2, 0) is 11.3 Å². The van der Waals surface area contributed by atoms with E-state index in [9.17, 15) is 9.59 Å². The molecule has 138 valence electrons. The van der Waals surface area contributed by atoms with Crippen LogP contribution in [0.4, 0.5) is 0 Å². The lowest BCUT2D eigenvalue weighted by atomic mass is 9.85.